The third kappa shape index (κ3) is 8.50. The Morgan fingerprint density at radius 2 is 2.00 bits per heavy atom. The van der Waals surface area contributed by atoms with Crippen LogP contribution in [-0.4, -0.2) is 37.7 Å². The van der Waals surface area contributed by atoms with Crippen LogP contribution in [0.2, 0.25) is 0 Å². The van der Waals surface area contributed by atoms with Gasteiger partial charge in [0, 0.05) is 0 Å². The standard InChI is InChI=1S/C5H12ClNO.ClH/c1-7(2)3-5(6)4-8;/h5,8H,3-4H2,1-2H3;1H. The third-order valence-electron chi connectivity index (χ3n) is 0.828. The molecule has 0 spiro atoms. The smallest absolute Gasteiger partial charge is 0.105 e. The molecule has 2 nitrogen and oxygen atoms in total. The van der Waals surface area contributed by atoms with Crippen LogP contribution in [0.5, 0.6) is 0 Å². The molecule has 0 radical (unpaired) electrons. The van der Waals surface area contributed by atoms with Gasteiger partial charge in [-0.25, -0.2) is 0 Å². The number of alkyl halides is 1. The number of aliphatic hydroxyl groups excluding tert-OH is 1. The molecule has 0 aliphatic rings. The Labute approximate surface area is 67.2 Å². The molecule has 0 saturated carbocycles. The highest BCUT2D eigenvalue weighted by Gasteiger charge is 2.04. The number of aliphatic hydroxyl groups is 1. The monoisotopic (exact) mass is 173 g/mol. The van der Waals surface area contributed by atoms with Gasteiger partial charge >= 0.3 is 0 Å². The average molecular weight is 174 g/mol. The van der Waals surface area contributed by atoms with Crippen molar-refractivity contribution >= 4 is 11.6 Å². The Kier molecular flexibility index (Phi) is 8.97. The maximum absolute atomic E-state index is 8.44. The first-order chi connectivity index (χ1) is 3.66. The summed E-state index contributed by atoms with van der Waals surface area (Å²) in [7, 11) is 4.01. The highest BCUT2D eigenvalue weighted by Crippen LogP contribution is 1.86. The SMILES string of the molecule is C[NH+](C)CC(Cl)CO.[Cl-]. The van der Waals surface area contributed by atoms with Crippen molar-refractivity contribution in [1.29, 1.82) is 0 Å². The summed E-state index contributed by atoms with van der Waals surface area (Å²) in [6.45, 7) is 0.894. The molecule has 0 aromatic heterocycles. The van der Waals surface area contributed by atoms with Crippen LogP contribution in [0.1, 0.15) is 0 Å². The summed E-state index contributed by atoms with van der Waals surface area (Å²) in [6.07, 6.45) is 0. The van der Waals surface area contributed by atoms with Gasteiger partial charge in [-0.1, -0.05) is 0 Å². The van der Waals surface area contributed by atoms with Crippen molar-refractivity contribution in [1.82, 2.24) is 0 Å². The van der Waals surface area contributed by atoms with Crippen molar-refractivity contribution in [2.24, 2.45) is 0 Å². The van der Waals surface area contributed by atoms with Gasteiger partial charge in [-0.2, -0.15) is 0 Å². The summed E-state index contributed by atoms with van der Waals surface area (Å²) in [5.41, 5.74) is 0. The van der Waals surface area contributed by atoms with E-state index in [4.69, 9.17) is 16.7 Å². The Bertz CT molecular complexity index is 60.9. The largest absolute Gasteiger partial charge is 1.00 e. The van der Waals surface area contributed by atoms with Crippen LogP contribution in [0.3, 0.4) is 0 Å². The van der Waals surface area contributed by atoms with E-state index in [1.54, 1.807) is 0 Å². The van der Waals surface area contributed by atoms with Crippen molar-refractivity contribution in [3.05, 3.63) is 0 Å². The Morgan fingerprint density at radius 3 is 2.11 bits per heavy atom. The van der Waals surface area contributed by atoms with E-state index < -0.39 is 0 Å². The molecular weight excluding hydrogens is 161 g/mol. The summed E-state index contributed by atoms with van der Waals surface area (Å²) in [4.78, 5) is 1.26. The summed E-state index contributed by atoms with van der Waals surface area (Å²) in [6, 6.07) is 0. The van der Waals surface area contributed by atoms with E-state index in [0.717, 1.165) is 6.54 Å². The molecule has 58 valence electrons. The van der Waals surface area contributed by atoms with Crippen LogP contribution >= 0.6 is 11.6 Å². The molecule has 0 fully saturated rings. The number of hydrogen-bond acceptors (Lipinski definition) is 1. The van der Waals surface area contributed by atoms with Gasteiger partial charge in [-0.15, -0.1) is 11.6 Å². The van der Waals surface area contributed by atoms with Crippen molar-refractivity contribution < 1.29 is 22.4 Å². The first-order valence-corrected chi connectivity index (χ1v) is 3.14. The highest BCUT2D eigenvalue weighted by molar-refractivity contribution is 6.20. The zero-order valence-corrected chi connectivity index (χ0v) is 7.21. The molecule has 0 rings (SSSR count). The Balaban J connectivity index is 0. The van der Waals surface area contributed by atoms with Gasteiger partial charge in [-0.05, 0) is 0 Å². The van der Waals surface area contributed by atoms with Crippen LogP contribution in [0.25, 0.3) is 0 Å². The van der Waals surface area contributed by atoms with Crippen LogP contribution in [0, 0.1) is 0 Å². The molecule has 1 unspecified atom stereocenters. The Hall–Kier alpha value is 0.500. The van der Waals surface area contributed by atoms with Crippen molar-refractivity contribution in [2.75, 3.05) is 27.2 Å². The zero-order chi connectivity index (χ0) is 6.57. The minimum absolute atomic E-state index is 0. The molecule has 0 aliphatic carbocycles. The highest BCUT2D eigenvalue weighted by atomic mass is 35.5. The quantitative estimate of drug-likeness (QED) is 0.416. The van der Waals surface area contributed by atoms with Crippen LogP contribution in [0.4, 0.5) is 0 Å². The second-order valence-electron chi connectivity index (χ2n) is 2.19. The normalized spacial score (nSPS) is 13.0. The fourth-order valence-electron chi connectivity index (χ4n) is 0.508. The van der Waals surface area contributed by atoms with Crippen LogP contribution in [-0.2, 0) is 0 Å². The summed E-state index contributed by atoms with van der Waals surface area (Å²) < 4.78 is 0. The molecule has 0 amide bonds. The maximum Gasteiger partial charge on any atom is 0.105 e. The molecule has 1 atom stereocenters. The first kappa shape index (κ1) is 12.2. The van der Waals surface area contributed by atoms with Gasteiger partial charge in [0.1, 0.15) is 5.38 Å². The van der Waals surface area contributed by atoms with Crippen molar-refractivity contribution in [3.63, 3.8) is 0 Å². The molecule has 4 heteroatoms. The second kappa shape index (κ2) is 6.62. The lowest BCUT2D eigenvalue weighted by molar-refractivity contribution is -0.857. The lowest BCUT2D eigenvalue weighted by Crippen LogP contribution is -3.06. The van der Waals surface area contributed by atoms with E-state index in [0.29, 0.717) is 0 Å². The van der Waals surface area contributed by atoms with Gasteiger partial charge in [-0.3, -0.25) is 0 Å². The first-order valence-electron chi connectivity index (χ1n) is 2.70. The fourth-order valence-corrected chi connectivity index (χ4v) is 0.816. The number of hydrogen-bond donors (Lipinski definition) is 2. The van der Waals surface area contributed by atoms with E-state index in [1.165, 1.54) is 4.90 Å². The summed E-state index contributed by atoms with van der Waals surface area (Å²) in [5, 5.41) is 8.36. The summed E-state index contributed by atoms with van der Waals surface area (Å²) >= 11 is 5.59. The van der Waals surface area contributed by atoms with Crippen LogP contribution in [0.15, 0.2) is 0 Å². The maximum atomic E-state index is 8.44. The number of halogens is 2. The zero-order valence-electron chi connectivity index (χ0n) is 5.69. The molecule has 0 aromatic carbocycles. The molecular formula is C5H13Cl2NO. The lowest BCUT2D eigenvalue weighted by atomic mass is 10.4. The minimum Gasteiger partial charge on any atom is -1.00 e. The molecule has 0 heterocycles. The second-order valence-corrected chi connectivity index (χ2v) is 2.81. The fraction of sp³-hybridized carbons (Fsp3) is 1.00. The molecule has 0 aliphatic heterocycles. The minimum atomic E-state index is -0.0833. The van der Waals surface area contributed by atoms with E-state index in [9.17, 15) is 0 Å². The van der Waals surface area contributed by atoms with Gasteiger partial charge < -0.3 is 22.4 Å². The lowest BCUT2D eigenvalue weighted by Gasteiger charge is -2.08. The van der Waals surface area contributed by atoms with Crippen molar-refractivity contribution in [2.45, 2.75) is 5.38 Å². The van der Waals surface area contributed by atoms with E-state index in [1.807, 2.05) is 14.1 Å². The topological polar surface area (TPSA) is 24.7 Å². The van der Waals surface area contributed by atoms with E-state index in [2.05, 4.69) is 0 Å². The molecule has 0 saturated heterocycles. The Morgan fingerprint density at radius 1 is 1.56 bits per heavy atom. The third-order valence-corrected chi connectivity index (χ3v) is 1.12. The van der Waals surface area contributed by atoms with Gasteiger partial charge in [0.05, 0.1) is 27.2 Å². The van der Waals surface area contributed by atoms with E-state index in [-0.39, 0.29) is 24.4 Å². The number of nitrogens with one attached hydrogen (secondary N) is 1. The van der Waals surface area contributed by atoms with Crippen molar-refractivity contribution in [3.8, 4) is 0 Å². The van der Waals surface area contributed by atoms with Gasteiger partial charge in [0.2, 0.25) is 0 Å². The number of rotatable bonds is 3. The molecule has 0 aromatic rings. The van der Waals surface area contributed by atoms with E-state index >= 15 is 0 Å². The predicted octanol–water partition coefficient (Wildman–Crippen LogP) is -4.27. The van der Waals surface area contributed by atoms with Gasteiger partial charge in [0.15, 0.2) is 0 Å². The molecule has 2 N–H and O–H groups in total. The average Bonchev–Trinajstić information content (AvgIpc) is 1.65. The van der Waals surface area contributed by atoms with Crippen LogP contribution < -0.4 is 17.3 Å². The number of quaternary nitrogens is 1. The molecule has 0 bridgehead atoms. The predicted molar refractivity (Wildman–Crippen MR) is 34.4 cm³/mol. The van der Waals surface area contributed by atoms with Gasteiger partial charge in [0.25, 0.3) is 0 Å². The summed E-state index contributed by atoms with van der Waals surface area (Å²) in [5.74, 6) is 0. The molecule has 9 heavy (non-hydrogen) atoms.